The Morgan fingerprint density at radius 2 is 1.71 bits per heavy atom. The van der Waals surface area contributed by atoms with Gasteiger partial charge in [0, 0.05) is 32.5 Å². The molecule has 1 fully saturated rings. The van der Waals surface area contributed by atoms with Gasteiger partial charge in [-0.3, -0.25) is 9.78 Å². The minimum atomic E-state index is -0.529. The molecule has 0 spiro atoms. The summed E-state index contributed by atoms with van der Waals surface area (Å²) >= 11 is 0. The van der Waals surface area contributed by atoms with Crippen LogP contribution in [-0.4, -0.2) is 47.4 Å². The molecule has 160 valence electrons. The van der Waals surface area contributed by atoms with E-state index in [1.54, 1.807) is 12.4 Å². The molecule has 0 unspecified atom stereocenters. The number of nitrogens with zero attached hydrogens (tertiary/aromatic N) is 3. The number of anilines is 3. The molecule has 1 aromatic carbocycles. The number of rotatable bonds is 8. The van der Waals surface area contributed by atoms with Crippen molar-refractivity contribution in [1.29, 1.82) is 0 Å². The van der Waals surface area contributed by atoms with Crippen molar-refractivity contribution >= 4 is 23.2 Å². The number of benzene rings is 1. The van der Waals surface area contributed by atoms with E-state index >= 15 is 0 Å². The Labute approximate surface area is 181 Å². The van der Waals surface area contributed by atoms with E-state index < -0.39 is 5.41 Å². The maximum absolute atomic E-state index is 13.1. The van der Waals surface area contributed by atoms with Crippen LogP contribution in [0.5, 0.6) is 0 Å². The molecule has 0 bridgehead atoms. The summed E-state index contributed by atoms with van der Waals surface area (Å²) in [7, 11) is 0. The van der Waals surface area contributed by atoms with Gasteiger partial charge in [0.05, 0.1) is 17.3 Å². The third-order valence-electron chi connectivity index (χ3n) is 5.42. The van der Waals surface area contributed by atoms with Gasteiger partial charge in [-0.05, 0) is 42.7 Å². The second-order valence-electron chi connectivity index (χ2n) is 7.41. The van der Waals surface area contributed by atoms with Crippen molar-refractivity contribution in [3.63, 3.8) is 0 Å². The molecule has 0 radical (unpaired) electrons. The topological polar surface area (TPSA) is 101 Å². The van der Waals surface area contributed by atoms with Crippen LogP contribution in [0.4, 0.5) is 17.3 Å². The summed E-state index contributed by atoms with van der Waals surface area (Å²) < 4.78 is 5.51. The zero-order chi connectivity index (χ0) is 21.4. The van der Waals surface area contributed by atoms with E-state index in [4.69, 9.17) is 4.74 Å². The number of hydrogen-bond donors (Lipinski definition) is 3. The van der Waals surface area contributed by atoms with Crippen LogP contribution in [0.15, 0.2) is 67.0 Å². The lowest BCUT2D eigenvalue weighted by Crippen LogP contribution is -2.49. The van der Waals surface area contributed by atoms with Gasteiger partial charge in [-0.2, -0.15) is 0 Å². The van der Waals surface area contributed by atoms with Gasteiger partial charge in [0.2, 0.25) is 5.91 Å². The molecule has 31 heavy (non-hydrogen) atoms. The van der Waals surface area contributed by atoms with Gasteiger partial charge >= 0.3 is 0 Å². The normalized spacial score (nSPS) is 15.1. The van der Waals surface area contributed by atoms with Crippen LogP contribution in [0.1, 0.15) is 18.4 Å². The number of pyridine rings is 1. The number of aromatic nitrogens is 3. The van der Waals surface area contributed by atoms with Crippen molar-refractivity contribution < 1.29 is 9.53 Å². The second kappa shape index (κ2) is 9.99. The second-order valence-corrected chi connectivity index (χ2v) is 7.41. The molecule has 3 aromatic rings. The van der Waals surface area contributed by atoms with Crippen LogP contribution in [-0.2, 0) is 14.9 Å². The highest BCUT2D eigenvalue weighted by Gasteiger charge is 2.41. The van der Waals surface area contributed by atoms with Crippen LogP contribution in [0.3, 0.4) is 0 Å². The van der Waals surface area contributed by atoms with E-state index in [1.807, 2.05) is 54.6 Å². The number of amides is 1. The fraction of sp³-hybridized carbons (Fsp3) is 0.304. The Morgan fingerprint density at radius 3 is 2.42 bits per heavy atom. The maximum atomic E-state index is 13.1. The smallest absolute Gasteiger partial charge is 0.230 e. The van der Waals surface area contributed by atoms with Crippen LogP contribution >= 0.6 is 0 Å². The minimum Gasteiger partial charge on any atom is -0.381 e. The van der Waals surface area contributed by atoms with Crippen molar-refractivity contribution in [3.05, 3.63) is 72.6 Å². The third-order valence-corrected chi connectivity index (χ3v) is 5.42. The van der Waals surface area contributed by atoms with Gasteiger partial charge in [-0.15, -0.1) is 10.2 Å². The Bertz CT molecular complexity index is 960. The largest absolute Gasteiger partial charge is 0.381 e. The first-order valence-corrected chi connectivity index (χ1v) is 10.4. The van der Waals surface area contributed by atoms with E-state index in [1.165, 1.54) is 0 Å². The molecule has 1 amide bonds. The average Bonchev–Trinajstić information content (AvgIpc) is 2.84. The summed E-state index contributed by atoms with van der Waals surface area (Å²) in [4.78, 5) is 17.2. The zero-order valence-electron chi connectivity index (χ0n) is 17.3. The van der Waals surface area contributed by atoms with E-state index in [0.717, 1.165) is 11.3 Å². The van der Waals surface area contributed by atoms with Gasteiger partial charge in [0.1, 0.15) is 5.82 Å². The first-order chi connectivity index (χ1) is 15.3. The van der Waals surface area contributed by atoms with Crippen molar-refractivity contribution in [2.45, 2.75) is 18.3 Å². The predicted octanol–water partition coefficient (Wildman–Crippen LogP) is 2.89. The fourth-order valence-corrected chi connectivity index (χ4v) is 3.74. The molecule has 0 aliphatic carbocycles. The number of ether oxygens (including phenoxy) is 1. The quantitative estimate of drug-likeness (QED) is 0.484. The lowest BCUT2D eigenvalue weighted by molar-refractivity contribution is -0.130. The van der Waals surface area contributed by atoms with Crippen LogP contribution in [0, 0.1) is 0 Å². The fourth-order valence-electron chi connectivity index (χ4n) is 3.74. The predicted molar refractivity (Wildman–Crippen MR) is 119 cm³/mol. The van der Waals surface area contributed by atoms with Gasteiger partial charge < -0.3 is 20.7 Å². The zero-order valence-corrected chi connectivity index (χ0v) is 17.3. The highest BCUT2D eigenvalue weighted by atomic mass is 16.5. The lowest BCUT2D eigenvalue weighted by atomic mass is 9.73. The molecular weight excluding hydrogens is 392 g/mol. The number of carbonyl (C=O) groups excluding carboxylic acids is 1. The molecule has 1 aliphatic heterocycles. The summed E-state index contributed by atoms with van der Waals surface area (Å²) in [6.07, 6.45) is 4.81. The molecule has 8 nitrogen and oxygen atoms in total. The molecule has 3 N–H and O–H groups in total. The molecule has 1 saturated heterocycles. The van der Waals surface area contributed by atoms with E-state index in [0.29, 0.717) is 50.8 Å². The van der Waals surface area contributed by atoms with Crippen LogP contribution in [0.25, 0.3) is 0 Å². The Morgan fingerprint density at radius 1 is 0.935 bits per heavy atom. The average molecular weight is 419 g/mol. The molecule has 4 rings (SSSR count). The highest BCUT2D eigenvalue weighted by Crippen LogP contribution is 2.35. The number of carbonyl (C=O) groups is 1. The standard InChI is InChI=1S/C23H26N6O2/c30-22(23(10-15-31-16-11-23)18-5-2-1-3-6-18)26-14-13-25-20-8-9-21(29-28-20)27-19-7-4-12-24-17-19/h1-9,12,17H,10-11,13-16H2,(H,25,28)(H,26,30)(H,27,29). The van der Waals surface area contributed by atoms with E-state index in [-0.39, 0.29) is 5.91 Å². The molecule has 0 atom stereocenters. The Hall–Kier alpha value is -3.52. The van der Waals surface area contributed by atoms with Crippen molar-refractivity contribution in [2.75, 3.05) is 36.9 Å². The van der Waals surface area contributed by atoms with Crippen molar-refractivity contribution in [3.8, 4) is 0 Å². The van der Waals surface area contributed by atoms with Crippen molar-refractivity contribution in [2.24, 2.45) is 0 Å². The van der Waals surface area contributed by atoms with Crippen LogP contribution in [0.2, 0.25) is 0 Å². The monoisotopic (exact) mass is 418 g/mol. The minimum absolute atomic E-state index is 0.0471. The maximum Gasteiger partial charge on any atom is 0.230 e. The summed E-state index contributed by atoms with van der Waals surface area (Å²) in [6.45, 7) is 2.23. The Kier molecular flexibility index (Phi) is 6.68. The summed E-state index contributed by atoms with van der Waals surface area (Å²) in [5.74, 6) is 1.33. The van der Waals surface area contributed by atoms with E-state index in [2.05, 4.69) is 31.1 Å². The first-order valence-electron chi connectivity index (χ1n) is 10.4. The van der Waals surface area contributed by atoms with Crippen LogP contribution < -0.4 is 16.0 Å². The summed E-state index contributed by atoms with van der Waals surface area (Å²) in [6, 6.07) is 17.4. The van der Waals surface area contributed by atoms with Gasteiger partial charge in [0.25, 0.3) is 0 Å². The SMILES string of the molecule is O=C(NCCNc1ccc(Nc2cccnc2)nn1)C1(c2ccccc2)CCOCC1. The third kappa shape index (κ3) is 5.16. The molecule has 2 aromatic heterocycles. The molecular formula is C23H26N6O2. The summed E-state index contributed by atoms with van der Waals surface area (Å²) in [5, 5.41) is 17.7. The van der Waals surface area contributed by atoms with Gasteiger partial charge in [0.15, 0.2) is 5.82 Å². The van der Waals surface area contributed by atoms with Crippen molar-refractivity contribution in [1.82, 2.24) is 20.5 Å². The molecule has 1 aliphatic rings. The first kappa shape index (κ1) is 20.7. The van der Waals surface area contributed by atoms with Gasteiger partial charge in [-0.1, -0.05) is 30.3 Å². The summed E-state index contributed by atoms with van der Waals surface area (Å²) in [5.41, 5.74) is 1.37. The molecule has 3 heterocycles. The van der Waals surface area contributed by atoms with E-state index in [9.17, 15) is 4.79 Å². The highest BCUT2D eigenvalue weighted by molar-refractivity contribution is 5.88. The lowest BCUT2D eigenvalue weighted by Gasteiger charge is -2.36. The number of hydrogen-bond acceptors (Lipinski definition) is 7. The Balaban J connectivity index is 1.28. The number of nitrogens with one attached hydrogen (secondary N) is 3. The molecule has 8 heteroatoms. The molecule has 0 saturated carbocycles. The van der Waals surface area contributed by atoms with Gasteiger partial charge in [-0.25, -0.2) is 0 Å².